The van der Waals surface area contributed by atoms with Gasteiger partial charge >= 0.3 is 18.2 Å². The number of amides is 3. The number of nitrogens with two attached hydrogens (primary N) is 1. The van der Waals surface area contributed by atoms with Gasteiger partial charge in [-0.1, -0.05) is 0 Å². The number of urea groups is 1. The van der Waals surface area contributed by atoms with Crippen LogP contribution in [0.2, 0.25) is 0 Å². The Bertz CT molecular complexity index is 334. The van der Waals surface area contributed by atoms with E-state index in [0.29, 0.717) is 4.90 Å². The molecule has 1 heterocycles. The summed E-state index contributed by atoms with van der Waals surface area (Å²) in [5, 5.41) is 1.69. The van der Waals surface area contributed by atoms with E-state index in [1.165, 1.54) is 0 Å². The number of nitrogens with zero attached hydrogens (tertiary/aromatic N) is 1. The molecule has 1 saturated heterocycles. The van der Waals surface area contributed by atoms with Crippen molar-refractivity contribution in [2.45, 2.75) is 18.6 Å². The highest BCUT2D eigenvalue weighted by Gasteiger charge is 2.51. The summed E-state index contributed by atoms with van der Waals surface area (Å²) in [6.07, 6.45) is -8.38. The van der Waals surface area contributed by atoms with Crippen LogP contribution in [0.3, 0.4) is 0 Å². The van der Waals surface area contributed by atoms with Crippen LogP contribution < -0.4 is 11.1 Å². The maximum absolute atomic E-state index is 12.8. The number of primary amides is 1. The van der Waals surface area contributed by atoms with Gasteiger partial charge in [-0.25, -0.2) is 4.79 Å². The summed E-state index contributed by atoms with van der Waals surface area (Å²) in [6.45, 7) is -2.47. The predicted octanol–water partition coefficient (Wildman–Crippen LogP) is 0.0892. The average Bonchev–Trinajstić information content (AvgIpc) is 2.08. The third-order valence-electron chi connectivity index (χ3n) is 2.03. The highest BCUT2D eigenvalue weighted by Crippen LogP contribution is 2.33. The van der Waals surface area contributed by atoms with E-state index >= 15 is 0 Å². The molecule has 0 bridgehead atoms. The monoisotopic (exact) mass is 273 g/mol. The van der Waals surface area contributed by atoms with Gasteiger partial charge < -0.3 is 5.73 Å². The molecule has 1 aliphatic heterocycles. The first-order valence-electron chi connectivity index (χ1n) is 4.87. The van der Waals surface area contributed by atoms with Gasteiger partial charge in [0.1, 0.15) is 0 Å². The number of nitrogens with one attached hydrogen (secondary N) is 1. The molecule has 0 aromatic carbocycles. The molecule has 18 heavy (non-hydrogen) atoms. The van der Waals surface area contributed by atoms with E-state index in [4.69, 9.17) is 0 Å². The lowest BCUT2D eigenvalue weighted by Crippen LogP contribution is -2.55. The van der Waals surface area contributed by atoms with Crippen molar-refractivity contribution in [1.82, 2.24) is 10.2 Å². The molecule has 104 valence electrons. The van der Waals surface area contributed by atoms with Gasteiger partial charge in [-0.05, 0) is 0 Å². The van der Waals surface area contributed by atoms with Crippen molar-refractivity contribution in [1.29, 1.82) is 0 Å². The van der Waals surface area contributed by atoms with E-state index in [-0.39, 0.29) is 6.54 Å². The molecule has 1 aliphatic rings. The second kappa shape index (κ2) is 5.06. The summed E-state index contributed by atoms with van der Waals surface area (Å²) in [5.41, 5.74) is 4.64. The highest BCUT2D eigenvalue weighted by atomic mass is 19.3. The first-order valence-corrected chi connectivity index (χ1v) is 4.87. The van der Waals surface area contributed by atoms with E-state index < -0.39 is 43.7 Å². The lowest BCUT2D eigenvalue weighted by molar-refractivity contribution is -0.404. The van der Waals surface area contributed by atoms with E-state index in [1.54, 1.807) is 5.32 Å². The minimum Gasteiger partial charge on any atom is -0.351 e. The number of alkyl halides is 4. The predicted molar refractivity (Wildman–Crippen MR) is 49.8 cm³/mol. The smallest absolute Gasteiger partial charge is 0.351 e. The average molecular weight is 273 g/mol. The second-order valence-corrected chi connectivity index (χ2v) is 3.75. The number of imide groups is 1. The second-order valence-electron chi connectivity index (χ2n) is 3.75. The van der Waals surface area contributed by atoms with Gasteiger partial charge in [0.05, 0.1) is 13.1 Å². The Kier molecular flexibility index (Phi) is 4.12. The molecule has 0 aliphatic carbocycles. The molecule has 10 heteroatoms. The van der Waals surface area contributed by atoms with E-state index in [1.807, 2.05) is 0 Å². The molecular formula is C8H11F4N3O3. The van der Waals surface area contributed by atoms with Crippen molar-refractivity contribution in [2.75, 3.05) is 19.6 Å². The molecule has 1 rings (SSSR count). The number of ether oxygens (including phenoxy) is 1. The summed E-state index contributed by atoms with van der Waals surface area (Å²) < 4.78 is 54.3. The third-order valence-corrected chi connectivity index (χ3v) is 2.03. The number of hydrogen-bond acceptors (Lipinski definition) is 4. The molecule has 0 saturated carbocycles. The first kappa shape index (κ1) is 14.6. The number of morpholine rings is 1. The number of halogens is 4. The van der Waals surface area contributed by atoms with Crippen LogP contribution in [0.15, 0.2) is 0 Å². The Hall–Kier alpha value is -1.42. The zero-order valence-corrected chi connectivity index (χ0v) is 9.09. The zero-order valence-electron chi connectivity index (χ0n) is 9.09. The third kappa shape index (κ3) is 4.84. The fraction of sp³-hybridized carbons (Fsp3) is 0.750. The number of carbonyl (C=O) groups is 2. The molecule has 6 nitrogen and oxygen atoms in total. The Labute approximate surface area is 99.0 Å². The maximum Gasteiger partial charge on any atom is 0.372 e. The first-order chi connectivity index (χ1) is 8.10. The number of hydrogen-bond donors (Lipinski definition) is 2. The van der Waals surface area contributed by atoms with E-state index in [2.05, 4.69) is 10.5 Å². The Morgan fingerprint density at radius 2 is 1.72 bits per heavy atom. The van der Waals surface area contributed by atoms with Gasteiger partial charge in [0.2, 0.25) is 5.91 Å². The summed E-state index contributed by atoms with van der Waals surface area (Å²) in [4.78, 5) is 21.9. The van der Waals surface area contributed by atoms with Crippen LogP contribution in [0.4, 0.5) is 22.4 Å². The van der Waals surface area contributed by atoms with Crippen LogP contribution in [0.5, 0.6) is 0 Å². The fourth-order valence-corrected chi connectivity index (χ4v) is 1.48. The number of carbonyl (C=O) groups excluding carboxylic acids is 2. The normalized spacial score (nSPS) is 22.4. The van der Waals surface area contributed by atoms with Crippen LogP contribution in [0, 0.1) is 0 Å². The lowest BCUT2D eigenvalue weighted by atomic mass is 10.3. The fourth-order valence-electron chi connectivity index (χ4n) is 1.48. The van der Waals surface area contributed by atoms with Crippen molar-refractivity contribution < 1.29 is 31.9 Å². The topological polar surface area (TPSA) is 84.7 Å². The Balaban J connectivity index is 2.47. The SMILES string of the molecule is NC(=O)NC(=O)CCN1CC(F)(F)OC(F)(F)C1. The summed E-state index contributed by atoms with van der Waals surface area (Å²) in [7, 11) is 0. The summed E-state index contributed by atoms with van der Waals surface area (Å²) in [6, 6.07) is -1.10. The molecule has 0 unspecified atom stereocenters. The molecular weight excluding hydrogens is 262 g/mol. The molecule has 3 N–H and O–H groups in total. The Morgan fingerprint density at radius 1 is 1.22 bits per heavy atom. The van der Waals surface area contributed by atoms with Gasteiger partial charge in [-0.15, -0.1) is 0 Å². The molecule has 0 spiro atoms. The number of rotatable bonds is 3. The van der Waals surface area contributed by atoms with Crippen molar-refractivity contribution in [3.8, 4) is 0 Å². The standard InChI is InChI=1S/C8H11F4N3O3/c9-7(10)3-15(4-8(11,12)18-7)2-1-5(16)14-6(13)17/h1-4H2,(H3,13,14,16,17). The maximum atomic E-state index is 12.8. The highest BCUT2D eigenvalue weighted by molar-refractivity contribution is 5.93. The molecule has 0 aromatic rings. The van der Waals surface area contributed by atoms with Gasteiger partial charge in [-0.3, -0.25) is 19.7 Å². The quantitative estimate of drug-likeness (QED) is 0.714. The molecule has 0 atom stereocenters. The minimum atomic E-state index is -3.98. The van der Waals surface area contributed by atoms with Crippen molar-refractivity contribution >= 4 is 11.9 Å². The van der Waals surface area contributed by atoms with Crippen LogP contribution in [-0.2, 0) is 9.53 Å². The van der Waals surface area contributed by atoms with Gasteiger partial charge in [-0.2, -0.15) is 17.6 Å². The molecule has 0 aromatic heterocycles. The summed E-state index contributed by atoms with van der Waals surface area (Å²) in [5.74, 6) is -0.833. The largest absolute Gasteiger partial charge is 0.372 e. The lowest BCUT2D eigenvalue weighted by Gasteiger charge is -2.36. The molecule has 1 fully saturated rings. The Morgan fingerprint density at radius 3 is 2.17 bits per heavy atom. The van der Waals surface area contributed by atoms with E-state index in [9.17, 15) is 27.2 Å². The summed E-state index contributed by atoms with van der Waals surface area (Å²) >= 11 is 0. The van der Waals surface area contributed by atoms with Gasteiger partial charge in [0, 0.05) is 13.0 Å². The van der Waals surface area contributed by atoms with Crippen LogP contribution in [0.25, 0.3) is 0 Å². The van der Waals surface area contributed by atoms with Crippen LogP contribution in [-0.4, -0.2) is 48.7 Å². The minimum absolute atomic E-state index is 0.367. The van der Waals surface area contributed by atoms with Crippen molar-refractivity contribution in [3.63, 3.8) is 0 Å². The molecule has 0 radical (unpaired) electrons. The zero-order chi connectivity index (χ0) is 14.0. The van der Waals surface area contributed by atoms with Gasteiger partial charge in [0.25, 0.3) is 0 Å². The van der Waals surface area contributed by atoms with E-state index in [0.717, 1.165) is 0 Å². The van der Waals surface area contributed by atoms with Crippen molar-refractivity contribution in [2.24, 2.45) is 5.73 Å². The van der Waals surface area contributed by atoms with Crippen molar-refractivity contribution in [3.05, 3.63) is 0 Å². The molecule has 3 amide bonds. The van der Waals surface area contributed by atoms with Gasteiger partial charge in [0.15, 0.2) is 0 Å². The van der Waals surface area contributed by atoms with Crippen LogP contribution in [0.1, 0.15) is 6.42 Å². The van der Waals surface area contributed by atoms with Crippen LogP contribution >= 0.6 is 0 Å².